The number of hydrogen-bond donors (Lipinski definition) is 2. The minimum Gasteiger partial charge on any atom is -0.480 e. The van der Waals surface area contributed by atoms with E-state index in [-0.39, 0.29) is 18.7 Å². The summed E-state index contributed by atoms with van der Waals surface area (Å²) in [6, 6.07) is 3.90. The molecular formula is C15H20N2O3. The van der Waals surface area contributed by atoms with Crippen molar-refractivity contribution in [2.75, 3.05) is 11.4 Å². The lowest BCUT2D eigenvalue weighted by molar-refractivity contribution is -0.143. The first-order chi connectivity index (χ1) is 9.26. The number of carboxylic acid groups (broad SMARTS) is 1. The number of anilines is 1. The molecule has 1 heterocycles. The number of carbonyl (C=O) groups is 2. The zero-order valence-electron chi connectivity index (χ0n) is 12.1. The van der Waals surface area contributed by atoms with E-state index in [1.807, 2.05) is 26.0 Å². The van der Waals surface area contributed by atoms with E-state index in [0.29, 0.717) is 6.54 Å². The van der Waals surface area contributed by atoms with Gasteiger partial charge in [-0.05, 0) is 37.0 Å². The van der Waals surface area contributed by atoms with Crippen LogP contribution in [0, 0.1) is 13.8 Å². The third-order valence-corrected chi connectivity index (χ3v) is 4.07. The maximum atomic E-state index is 11.9. The van der Waals surface area contributed by atoms with Crippen LogP contribution < -0.4 is 10.6 Å². The number of amides is 1. The van der Waals surface area contributed by atoms with Gasteiger partial charge in [-0.2, -0.15) is 0 Å². The molecule has 0 fully saturated rings. The van der Waals surface area contributed by atoms with Gasteiger partial charge in [0.25, 0.3) is 0 Å². The van der Waals surface area contributed by atoms with Crippen molar-refractivity contribution in [3.8, 4) is 0 Å². The number of aryl methyl sites for hydroxylation is 2. The van der Waals surface area contributed by atoms with Gasteiger partial charge < -0.3 is 15.7 Å². The summed E-state index contributed by atoms with van der Waals surface area (Å²) in [4.78, 5) is 25.0. The summed E-state index contributed by atoms with van der Waals surface area (Å²) >= 11 is 0. The van der Waals surface area contributed by atoms with Crippen LogP contribution >= 0.6 is 0 Å². The van der Waals surface area contributed by atoms with Gasteiger partial charge >= 0.3 is 5.97 Å². The van der Waals surface area contributed by atoms with Crippen molar-refractivity contribution in [2.45, 2.75) is 39.2 Å². The number of hydrogen-bond acceptors (Lipinski definition) is 3. The molecule has 0 bridgehead atoms. The van der Waals surface area contributed by atoms with Crippen molar-refractivity contribution in [3.05, 3.63) is 28.8 Å². The molecule has 5 nitrogen and oxygen atoms in total. The van der Waals surface area contributed by atoms with Gasteiger partial charge in [-0.15, -0.1) is 0 Å². The number of aliphatic carboxylic acids is 1. The summed E-state index contributed by atoms with van der Waals surface area (Å²) in [5, 5.41) is 9.40. The summed E-state index contributed by atoms with van der Waals surface area (Å²) < 4.78 is 0. The minimum absolute atomic E-state index is 0.0883. The SMILES string of the molecule is CC(=O)N1CCC(N)(C(=O)O)Cc2c(C)ccc(C)c21. The summed E-state index contributed by atoms with van der Waals surface area (Å²) in [5.41, 5.74) is 8.36. The largest absolute Gasteiger partial charge is 0.480 e. The fourth-order valence-corrected chi connectivity index (χ4v) is 2.78. The first-order valence-corrected chi connectivity index (χ1v) is 6.66. The normalized spacial score (nSPS) is 22.1. The average Bonchev–Trinajstić information content (AvgIpc) is 2.52. The third kappa shape index (κ3) is 2.29. The van der Waals surface area contributed by atoms with E-state index >= 15 is 0 Å². The molecule has 1 unspecified atom stereocenters. The Labute approximate surface area is 118 Å². The summed E-state index contributed by atoms with van der Waals surface area (Å²) in [5.74, 6) is -1.11. The Morgan fingerprint density at radius 1 is 1.30 bits per heavy atom. The average molecular weight is 276 g/mol. The van der Waals surface area contributed by atoms with Gasteiger partial charge in [-0.1, -0.05) is 12.1 Å². The molecule has 0 saturated heterocycles. The topological polar surface area (TPSA) is 83.6 Å². The molecule has 20 heavy (non-hydrogen) atoms. The van der Waals surface area contributed by atoms with Crippen molar-refractivity contribution in [1.82, 2.24) is 0 Å². The summed E-state index contributed by atoms with van der Waals surface area (Å²) in [6.45, 7) is 5.67. The van der Waals surface area contributed by atoms with Crippen LogP contribution in [0.25, 0.3) is 0 Å². The van der Waals surface area contributed by atoms with Crippen LogP contribution in [0.4, 0.5) is 5.69 Å². The predicted octanol–water partition coefficient (Wildman–Crippen LogP) is 1.38. The molecule has 1 atom stereocenters. The Morgan fingerprint density at radius 3 is 2.45 bits per heavy atom. The van der Waals surface area contributed by atoms with E-state index in [4.69, 9.17) is 5.73 Å². The predicted molar refractivity (Wildman–Crippen MR) is 76.8 cm³/mol. The Morgan fingerprint density at radius 2 is 1.90 bits per heavy atom. The highest BCUT2D eigenvalue weighted by molar-refractivity contribution is 5.94. The van der Waals surface area contributed by atoms with Crippen molar-refractivity contribution in [1.29, 1.82) is 0 Å². The van der Waals surface area contributed by atoms with Crippen molar-refractivity contribution in [3.63, 3.8) is 0 Å². The molecule has 1 aromatic carbocycles. The van der Waals surface area contributed by atoms with E-state index in [1.165, 1.54) is 6.92 Å². The van der Waals surface area contributed by atoms with E-state index in [2.05, 4.69) is 0 Å². The van der Waals surface area contributed by atoms with E-state index < -0.39 is 11.5 Å². The standard InChI is InChI=1S/C15H20N2O3/c1-9-4-5-10(2)13-12(9)8-15(16,14(19)20)6-7-17(13)11(3)18/h4-5H,6-8,16H2,1-3H3,(H,19,20). The van der Waals surface area contributed by atoms with Crippen LogP contribution in [0.1, 0.15) is 30.0 Å². The molecule has 2 rings (SSSR count). The van der Waals surface area contributed by atoms with Gasteiger partial charge in [-0.3, -0.25) is 9.59 Å². The molecule has 0 aliphatic carbocycles. The molecule has 3 N–H and O–H groups in total. The highest BCUT2D eigenvalue weighted by Crippen LogP contribution is 2.35. The van der Waals surface area contributed by atoms with E-state index in [0.717, 1.165) is 22.4 Å². The zero-order valence-corrected chi connectivity index (χ0v) is 12.1. The lowest BCUT2D eigenvalue weighted by Crippen LogP contribution is -2.50. The molecule has 5 heteroatoms. The number of nitrogens with two attached hydrogens (primary N) is 1. The number of carboxylic acids is 1. The molecule has 1 aliphatic heterocycles. The second-order valence-electron chi connectivity index (χ2n) is 5.59. The lowest BCUT2D eigenvalue weighted by Gasteiger charge is -2.24. The number of nitrogens with zero attached hydrogens (tertiary/aromatic N) is 1. The summed E-state index contributed by atoms with van der Waals surface area (Å²) in [7, 11) is 0. The van der Waals surface area contributed by atoms with Gasteiger partial charge in [0.15, 0.2) is 0 Å². The van der Waals surface area contributed by atoms with E-state index in [1.54, 1.807) is 4.90 Å². The number of rotatable bonds is 1. The smallest absolute Gasteiger partial charge is 0.324 e. The number of fused-ring (bicyclic) bond motifs is 1. The van der Waals surface area contributed by atoms with Crippen molar-refractivity contribution >= 4 is 17.6 Å². The van der Waals surface area contributed by atoms with Gasteiger partial charge in [0, 0.05) is 19.9 Å². The van der Waals surface area contributed by atoms with Gasteiger partial charge in [0.1, 0.15) is 5.54 Å². The quantitative estimate of drug-likeness (QED) is 0.811. The maximum Gasteiger partial charge on any atom is 0.324 e. The second-order valence-corrected chi connectivity index (χ2v) is 5.59. The van der Waals surface area contributed by atoms with Crippen LogP contribution in [0.2, 0.25) is 0 Å². The zero-order chi connectivity index (χ0) is 15.1. The monoisotopic (exact) mass is 276 g/mol. The lowest BCUT2D eigenvalue weighted by atomic mass is 9.87. The molecule has 1 aliphatic rings. The number of benzene rings is 1. The first kappa shape index (κ1) is 14.5. The molecule has 108 valence electrons. The second kappa shape index (κ2) is 4.90. The Kier molecular flexibility index (Phi) is 3.56. The Hall–Kier alpha value is -1.88. The van der Waals surface area contributed by atoms with Gasteiger partial charge in [0.2, 0.25) is 5.91 Å². The molecular weight excluding hydrogens is 256 g/mol. The molecule has 0 aromatic heterocycles. The maximum absolute atomic E-state index is 11.9. The molecule has 0 radical (unpaired) electrons. The van der Waals surface area contributed by atoms with Gasteiger partial charge in [0.05, 0.1) is 5.69 Å². The minimum atomic E-state index is -1.32. The fourth-order valence-electron chi connectivity index (χ4n) is 2.78. The molecule has 0 saturated carbocycles. The highest BCUT2D eigenvalue weighted by Gasteiger charge is 2.39. The van der Waals surface area contributed by atoms with Crippen molar-refractivity contribution < 1.29 is 14.7 Å². The van der Waals surface area contributed by atoms with Crippen LogP contribution in [0.5, 0.6) is 0 Å². The fraction of sp³-hybridized carbons (Fsp3) is 0.467. The van der Waals surface area contributed by atoms with Crippen LogP contribution in [0.15, 0.2) is 12.1 Å². The number of carbonyl (C=O) groups excluding carboxylic acids is 1. The Bertz CT molecular complexity index is 583. The van der Waals surface area contributed by atoms with Gasteiger partial charge in [-0.25, -0.2) is 0 Å². The third-order valence-electron chi connectivity index (χ3n) is 4.07. The molecule has 0 spiro atoms. The Balaban J connectivity index is 2.65. The molecule has 1 amide bonds. The van der Waals surface area contributed by atoms with Crippen LogP contribution in [0.3, 0.4) is 0 Å². The first-order valence-electron chi connectivity index (χ1n) is 6.66. The summed E-state index contributed by atoms with van der Waals surface area (Å²) in [6.07, 6.45) is 0.491. The van der Waals surface area contributed by atoms with E-state index in [9.17, 15) is 14.7 Å². The van der Waals surface area contributed by atoms with Crippen molar-refractivity contribution in [2.24, 2.45) is 5.73 Å². The van der Waals surface area contributed by atoms with Crippen LogP contribution in [-0.2, 0) is 16.0 Å². The molecule has 1 aromatic rings. The highest BCUT2D eigenvalue weighted by atomic mass is 16.4. The van der Waals surface area contributed by atoms with Crippen LogP contribution in [-0.4, -0.2) is 29.1 Å².